The molecule has 0 unspecified atom stereocenters. The van der Waals surface area contributed by atoms with Crippen LogP contribution >= 0.6 is 15.9 Å². The van der Waals surface area contributed by atoms with E-state index in [4.69, 9.17) is 4.74 Å². The lowest BCUT2D eigenvalue weighted by atomic mass is 10.0. The highest BCUT2D eigenvalue weighted by molar-refractivity contribution is 9.10. The van der Waals surface area contributed by atoms with E-state index in [9.17, 15) is 18.0 Å². The minimum absolute atomic E-state index is 0.191. The van der Waals surface area contributed by atoms with Crippen LogP contribution in [0.5, 0.6) is 0 Å². The molecule has 1 N–H and O–H groups in total. The number of amides is 1. The average molecular weight is 354 g/mol. The van der Waals surface area contributed by atoms with E-state index < -0.39 is 28.7 Å². The third kappa shape index (κ3) is 4.49. The number of methoxy groups -OCH3 is 1. The summed E-state index contributed by atoms with van der Waals surface area (Å²) in [7, 11) is 1.45. The molecule has 0 fully saturated rings. The summed E-state index contributed by atoms with van der Waals surface area (Å²) in [6.45, 7) is 3.53. The largest absolute Gasteiger partial charge is 0.417 e. The molecule has 1 aromatic carbocycles. The van der Waals surface area contributed by atoms with E-state index in [2.05, 4.69) is 21.2 Å². The first-order valence-electron chi connectivity index (χ1n) is 5.75. The summed E-state index contributed by atoms with van der Waals surface area (Å²) in [5.74, 6) is -0.785. The third-order valence-electron chi connectivity index (χ3n) is 2.49. The van der Waals surface area contributed by atoms with Crippen LogP contribution in [0.4, 0.5) is 13.2 Å². The molecule has 0 aromatic heterocycles. The van der Waals surface area contributed by atoms with Gasteiger partial charge in [0, 0.05) is 11.6 Å². The molecule has 1 rings (SSSR count). The first kappa shape index (κ1) is 17.0. The molecule has 20 heavy (non-hydrogen) atoms. The minimum atomic E-state index is -4.60. The number of carbonyl (C=O) groups excluding carboxylic acids is 1. The summed E-state index contributed by atoms with van der Waals surface area (Å²) in [6, 6.07) is 3.43. The van der Waals surface area contributed by atoms with Gasteiger partial charge < -0.3 is 10.1 Å². The van der Waals surface area contributed by atoms with E-state index in [-0.39, 0.29) is 11.1 Å². The molecule has 3 nitrogen and oxygen atoms in total. The van der Waals surface area contributed by atoms with Crippen molar-refractivity contribution in [2.24, 2.45) is 0 Å². The number of rotatable bonds is 4. The van der Waals surface area contributed by atoms with Gasteiger partial charge in [0.15, 0.2) is 0 Å². The average Bonchev–Trinajstić information content (AvgIpc) is 2.26. The number of ether oxygens (including phenoxy) is 1. The third-order valence-corrected chi connectivity index (χ3v) is 2.98. The van der Waals surface area contributed by atoms with Gasteiger partial charge in [0.2, 0.25) is 0 Å². The molecule has 0 spiro atoms. The van der Waals surface area contributed by atoms with E-state index in [1.165, 1.54) is 13.2 Å². The zero-order chi connectivity index (χ0) is 15.6. The second kappa shape index (κ2) is 6.13. The Morgan fingerprint density at radius 1 is 1.35 bits per heavy atom. The molecule has 112 valence electrons. The molecule has 0 atom stereocenters. The Bertz CT molecular complexity index is 501. The van der Waals surface area contributed by atoms with Crippen molar-refractivity contribution in [3.8, 4) is 0 Å². The Kier molecular flexibility index (Phi) is 5.21. The van der Waals surface area contributed by atoms with Gasteiger partial charge in [-0.1, -0.05) is 15.9 Å². The standard InChI is InChI=1S/C13H15BrF3NO2/c1-12(2,7-20-3)18-11(19)9-5-4-8(14)6-10(9)13(15,16)17/h4-6H,7H2,1-3H3,(H,18,19). The van der Waals surface area contributed by atoms with Crippen molar-refractivity contribution < 1.29 is 22.7 Å². The molecule has 1 amide bonds. The maximum absolute atomic E-state index is 12.9. The van der Waals surface area contributed by atoms with Gasteiger partial charge in [0.25, 0.3) is 5.91 Å². The quantitative estimate of drug-likeness (QED) is 0.897. The molecule has 0 saturated heterocycles. The van der Waals surface area contributed by atoms with Crippen LogP contribution < -0.4 is 5.32 Å². The van der Waals surface area contributed by atoms with Crippen LogP contribution in [0.25, 0.3) is 0 Å². The van der Waals surface area contributed by atoms with Crippen molar-refractivity contribution in [1.82, 2.24) is 5.32 Å². The Labute approximate surface area is 123 Å². The summed E-state index contributed by atoms with van der Waals surface area (Å²) in [6.07, 6.45) is -4.60. The second-order valence-electron chi connectivity index (χ2n) is 4.96. The summed E-state index contributed by atoms with van der Waals surface area (Å²) in [5.41, 5.74) is -2.15. The maximum Gasteiger partial charge on any atom is 0.417 e. The molecule has 1 aromatic rings. The van der Waals surface area contributed by atoms with Gasteiger partial charge in [-0.2, -0.15) is 13.2 Å². The number of hydrogen-bond donors (Lipinski definition) is 1. The highest BCUT2D eigenvalue weighted by atomic mass is 79.9. The van der Waals surface area contributed by atoms with Crippen molar-refractivity contribution in [2.45, 2.75) is 25.6 Å². The van der Waals surface area contributed by atoms with Gasteiger partial charge in [-0.25, -0.2) is 0 Å². The van der Waals surface area contributed by atoms with Crippen LogP contribution in [-0.4, -0.2) is 25.2 Å². The zero-order valence-electron chi connectivity index (χ0n) is 11.3. The molecule has 0 bridgehead atoms. The van der Waals surface area contributed by atoms with Gasteiger partial charge in [-0.3, -0.25) is 4.79 Å². The van der Waals surface area contributed by atoms with Gasteiger partial charge >= 0.3 is 6.18 Å². The monoisotopic (exact) mass is 353 g/mol. The highest BCUT2D eigenvalue weighted by Gasteiger charge is 2.36. The Hall–Kier alpha value is -1.08. The SMILES string of the molecule is COCC(C)(C)NC(=O)c1ccc(Br)cc1C(F)(F)F. The molecular formula is C13H15BrF3NO2. The van der Waals surface area contributed by atoms with Gasteiger partial charge in [-0.15, -0.1) is 0 Å². The molecule has 0 saturated carbocycles. The highest BCUT2D eigenvalue weighted by Crippen LogP contribution is 2.34. The predicted octanol–water partition coefficient (Wildman–Crippen LogP) is 3.62. The molecule has 7 heteroatoms. The van der Waals surface area contributed by atoms with Crippen LogP contribution in [0.3, 0.4) is 0 Å². The lowest BCUT2D eigenvalue weighted by Crippen LogP contribution is -2.47. The number of nitrogens with one attached hydrogen (secondary N) is 1. The number of hydrogen-bond acceptors (Lipinski definition) is 2. The van der Waals surface area contributed by atoms with Gasteiger partial charge in [0.05, 0.1) is 23.3 Å². The smallest absolute Gasteiger partial charge is 0.382 e. The fraction of sp³-hybridized carbons (Fsp3) is 0.462. The molecular weight excluding hydrogens is 339 g/mol. The van der Waals surface area contributed by atoms with Crippen LogP contribution in [0.2, 0.25) is 0 Å². The zero-order valence-corrected chi connectivity index (χ0v) is 12.9. The minimum Gasteiger partial charge on any atom is -0.382 e. The van der Waals surface area contributed by atoms with Crippen molar-refractivity contribution >= 4 is 21.8 Å². The molecule has 0 radical (unpaired) electrons. The van der Waals surface area contributed by atoms with Crippen molar-refractivity contribution in [2.75, 3.05) is 13.7 Å². The maximum atomic E-state index is 12.9. The predicted molar refractivity (Wildman–Crippen MR) is 72.6 cm³/mol. The van der Waals surface area contributed by atoms with Crippen molar-refractivity contribution in [1.29, 1.82) is 0 Å². The van der Waals surface area contributed by atoms with E-state index in [1.54, 1.807) is 13.8 Å². The topological polar surface area (TPSA) is 38.3 Å². The van der Waals surface area contributed by atoms with E-state index in [0.29, 0.717) is 0 Å². The number of benzene rings is 1. The Morgan fingerprint density at radius 3 is 2.45 bits per heavy atom. The van der Waals surface area contributed by atoms with E-state index in [1.807, 2.05) is 0 Å². The molecule has 0 aliphatic heterocycles. The lowest BCUT2D eigenvalue weighted by molar-refractivity contribution is -0.138. The fourth-order valence-electron chi connectivity index (χ4n) is 1.72. The van der Waals surface area contributed by atoms with Crippen LogP contribution in [0, 0.1) is 0 Å². The second-order valence-corrected chi connectivity index (χ2v) is 5.87. The first-order valence-corrected chi connectivity index (χ1v) is 6.54. The summed E-state index contributed by atoms with van der Waals surface area (Å²) in [5, 5.41) is 2.53. The van der Waals surface area contributed by atoms with Crippen LogP contribution in [0.1, 0.15) is 29.8 Å². The Morgan fingerprint density at radius 2 is 1.95 bits per heavy atom. The molecule has 0 aliphatic rings. The number of carbonyl (C=O) groups is 1. The first-order chi connectivity index (χ1) is 9.07. The molecule has 0 aliphatic carbocycles. The van der Waals surface area contributed by atoms with E-state index >= 15 is 0 Å². The van der Waals surface area contributed by atoms with E-state index in [0.717, 1.165) is 12.1 Å². The molecule has 0 heterocycles. The Balaban J connectivity index is 3.11. The van der Waals surface area contributed by atoms with Gasteiger partial charge in [-0.05, 0) is 32.0 Å². The van der Waals surface area contributed by atoms with Crippen molar-refractivity contribution in [3.05, 3.63) is 33.8 Å². The normalized spacial score (nSPS) is 12.3. The fourth-order valence-corrected chi connectivity index (χ4v) is 2.08. The summed E-state index contributed by atoms with van der Waals surface area (Å²) < 4.78 is 44.0. The lowest BCUT2D eigenvalue weighted by Gasteiger charge is -2.26. The van der Waals surface area contributed by atoms with Gasteiger partial charge in [0.1, 0.15) is 0 Å². The number of alkyl halides is 3. The van der Waals surface area contributed by atoms with Crippen molar-refractivity contribution in [3.63, 3.8) is 0 Å². The van der Waals surface area contributed by atoms with Crippen LogP contribution in [-0.2, 0) is 10.9 Å². The number of halogens is 4. The summed E-state index contributed by atoms with van der Waals surface area (Å²) in [4.78, 5) is 12.0. The summed E-state index contributed by atoms with van der Waals surface area (Å²) >= 11 is 2.97. The van der Waals surface area contributed by atoms with Crippen LogP contribution in [0.15, 0.2) is 22.7 Å².